The summed E-state index contributed by atoms with van der Waals surface area (Å²) in [5.41, 5.74) is -4.79. The zero-order valence-corrected chi connectivity index (χ0v) is 26.6. The van der Waals surface area contributed by atoms with Gasteiger partial charge in [-0.1, -0.05) is 18.2 Å². The van der Waals surface area contributed by atoms with Crippen molar-refractivity contribution in [2.75, 3.05) is 48.6 Å². The largest absolute Gasteiger partial charge is 0.455 e. The lowest BCUT2D eigenvalue weighted by Crippen LogP contribution is -2.81. The van der Waals surface area contributed by atoms with E-state index in [-0.39, 0.29) is 25.0 Å². The molecule has 1 spiro atoms. The molecule has 15 atom stereocenters. The number of hydrogen-bond donors (Lipinski definition) is 3. The molecule has 1 saturated heterocycles. The molecule has 7 rings (SSSR count). The summed E-state index contributed by atoms with van der Waals surface area (Å²) in [5, 5.41) is 37.0. The Morgan fingerprint density at radius 2 is 1.71 bits per heavy atom. The van der Waals surface area contributed by atoms with Crippen LogP contribution >= 0.6 is 0 Å². The van der Waals surface area contributed by atoms with Gasteiger partial charge in [-0.15, -0.1) is 0 Å². The van der Waals surface area contributed by atoms with E-state index < -0.39 is 88.3 Å². The second-order valence-electron chi connectivity index (χ2n) is 14.3. The smallest absolute Gasteiger partial charge is 0.338 e. The second kappa shape index (κ2) is 10.4. The quantitative estimate of drug-likeness (QED) is 0.337. The third-order valence-corrected chi connectivity index (χ3v) is 12.9. The minimum Gasteiger partial charge on any atom is -0.455 e. The Bertz CT molecular complexity index is 1350. The third kappa shape index (κ3) is 3.55. The predicted molar refractivity (Wildman–Crippen MR) is 156 cm³/mol. The Morgan fingerprint density at radius 3 is 2.31 bits per heavy atom. The van der Waals surface area contributed by atoms with E-state index in [4.69, 9.17) is 28.4 Å². The van der Waals surface area contributed by atoms with Gasteiger partial charge < -0.3 is 48.6 Å². The molecule has 6 aliphatic rings. The Labute approximate surface area is 262 Å². The van der Waals surface area contributed by atoms with Gasteiger partial charge in [-0.05, 0) is 31.5 Å². The third-order valence-electron chi connectivity index (χ3n) is 12.9. The molecule has 1 heterocycles. The highest BCUT2D eigenvalue weighted by molar-refractivity contribution is 5.89. The number of aliphatic hydroxyl groups excluding tert-OH is 2. The number of esters is 2. The highest BCUT2D eigenvalue weighted by atomic mass is 16.6. The number of rotatable bonds is 8. The lowest BCUT2D eigenvalue weighted by molar-refractivity contribution is -0.321. The molecule has 7 bridgehead atoms. The van der Waals surface area contributed by atoms with Gasteiger partial charge in [0.05, 0.1) is 30.5 Å². The zero-order valence-electron chi connectivity index (χ0n) is 26.6. The number of aliphatic hydroxyl groups is 3. The van der Waals surface area contributed by atoms with Crippen LogP contribution in [-0.2, 0) is 33.2 Å². The highest BCUT2D eigenvalue weighted by Crippen LogP contribution is 2.80. The van der Waals surface area contributed by atoms with Crippen molar-refractivity contribution in [3.05, 3.63) is 35.9 Å². The molecule has 1 aromatic rings. The van der Waals surface area contributed by atoms with Gasteiger partial charge in [0.25, 0.3) is 0 Å². The van der Waals surface area contributed by atoms with Crippen molar-refractivity contribution in [2.24, 2.45) is 34.5 Å². The molecule has 12 heteroatoms. The fraction of sp³-hybridized carbons (Fsp3) is 0.758. The summed E-state index contributed by atoms with van der Waals surface area (Å²) < 4.78 is 37.2. The van der Waals surface area contributed by atoms with Crippen LogP contribution in [0.1, 0.15) is 30.1 Å². The number of fused-ring (bicyclic) bond motifs is 2. The van der Waals surface area contributed by atoms with E-state index in [2.05, 4.69) is 4.90 Å². The van der Waals surface area contributed by atoms with E-state index in [0.717, 1.165) is 0 Å². The van der Waals surface area contributed by atoms with Crippen LogP contribution in [0.4, 0.5) is 0 Å². The van der Waals surface area contributed by atoms with E-state index in [9.17, 15) is 24.9 Å². The molecule has 4 unspecified atom stereocenters. The number of hydrogen-bond acceptors (Lipinski definition) is 12. The summed E-state index contributed by atoms with van der Waals surface area (Å²) in [4.78, 5) is 29.1. The fourth-order valence-electron chi connectivity index (χ4n) is 12.2. The van der Waals surface area contributed by atoms with Gasteiger partial charge in [-0.2, -0.15) is 0 Å². The van der Waals surface area contributed by atoms with Gasteiger partial charge in [0.2, 0.25) is 0 Å². The zero-order chi connectivity index (χ0) is 32.3. The number of benzene rings is 1. The summed E-state index contributed by atoms with van der Waals surface area (Å²) in [6.45, 7) is 2.00. The van der Waals surface area contributed by atoms with Crippen molar-refractivity contribution in [1.29, 1.82) is 0 Å². The number of piperidine rings is 1. The molecule has 1 aromatic carbocycles. The first-order valence-corrected chi connectivity index (χ1v) is 15.8. The van der Waals surface area contributed by atoms with Crippen molar-refractivity contribution in [3.8, 4) is 0 Å². The topological polar surface area (TPSA) is 153 Å². The first-order valence-electron chi connectivity index (χ1n) is 15.8. The highest BCUT2D eigenvalue weighted by Gasteiger charge is 2.92. The van der Waals surface area contributed by atoms with Gasteiger partial charge in [-0.3, -0.25) is 4.79 Å². The molecule has 3 N–H and O–H groups in total. The minimum atomic E-state index is -1.83. The van der Waals surface area contributed by atoms with Crippen LogP contribution in [0.3, 0.4) is 0 Å². The summed E-state index contributed by atoms with van der Waals surface area (Å²) >= 11 is 0. The lowest BCUT2D eigenvalue weighted by atomic mass is 9.42. The number of carbonyl (C=O) groups is 2. The molecule has 5 aliphatic carbocycles. The maximum absolute atomic E-state index is 13.7. The summed E-state index contributed by atoms with van der Waals surface area (Å²) in [5.74, 6) is -3.66. The molecule has 5 saturated carbocycles. The van der Waals surface area contributed by atoms with Gasteiger partial charge in [0.15, 0.2) is 5.60 Å². The first kappa shape index (κ1) is 31.4. The van der Waals surface area contributed by atoms with E-state index >= 15 is 0 Å². The molecule has 0 aromatic heterocycles. The average molecular weight is 632 g/mol. The van der Waals surface area contributed by atoms with Crippen LogP contribution in [-0.4, -0.2) is 135 Å². The number of methoxy groups -OCH3 is 4. The van der Waals surface area contributed by atoms with E-state index in [0.29, 0.717) is 18.5 Å². The van der Waals surface area contributed by atoms with Crippen LogP contribution in [0.25, 0.3) is 0 Å². The maximum Gasteiger partial charge on any atom is 0.338 e. The number of ether oxygens (including phenoxy) is 6. The van der Waals surface area contributed by atoms with Gasteiger partial charge in [0, 0.05) is 83.0 Å². The van der Waals surface area contributed by atoms with Crippen LogP contribution < -0.4 is 0 Å². The van der Waals surface area contributed by atoms with Crippen molar-refractivity contribution in [3.63, 3.8) is 0 Å². The number of carbonyl (C=O) groups excluding carboxylic acids is 2. The summed E-state index contributed by atoms with van der Waals surface area (Å²) in [6.07, 6.45) is -5.50. The van der Waals surface area contributed by atoms with Gasteiger partial charge in [0.1, 0.15) is 23.9 Å². The van der Waals surface area contributed by atoms with Crippen molar-refractivity contribution < 1.29 is 53.3 Å². The first-order chi connectivity index (χ1) is 21.4. The molecule has 6 fully saturated rings. The lowest BCUT2D eigenvalue weighted by Gasteiger charge is -2.70. The average Bonchev–Trinajstić information content (AvgIpc) is 3.40. The van der Waals surface area contributed by atoms with Crippen molar-refractivity contribution >= 4 is 11.9 Å². The Hall–Kier alpha value is -2.16. The van der Waals surface area contributed by atoms with E-state index in [1.165, 1.54) is 14.0 Å². The van der Waals surface area contributed by atoms with Crippen LogP contribution in [0.5, 0.6) is 0 Å². The van der Waals surface area contributed by atoms with Crippen molar-refractivity contribution in [1.82, 2.24) is 4.90 Å². The molecular weight excluding hydrogens is 586 g/mol. The van der Waals surface area contributed by atoms with Crippen molar-refractivity contribution in [2.45, 2.75) is 73.6 Å². The summed E-state index contributed by atoms with van der Waals surface area (Å²) in [6, 6.07) is 8.15. The molecule has 248 valence electrons. The molecule has 45 heavy (non-hydrogen) atoms. The van der Waals surface area contributed by atoms with Crippen LogP contribution in [0.2, 0.25) is 0 Å². The molecule has 0 radical (unpaired) electrons. The standard InChI is InChI=1S/C33H45NO11/c1-16(35)45-33-21-18(13-31(39,28(43-6)26(33)37)27(21)44-29(38)17-10-8-7-9-11-17)32-20(41-4)12-19(36)30(15-40-3)14-34(2)25(32)22(33)23(42-5)24(30)32/h7-11,18-28,36-37,39H,12-15H2,1-6H3/t18-,19-,20+,21?,22?,23+,24?,25-,26+,27-,28+,30+,31+,32?,33-/m1/s1. The number of nitrogens with zero attached hydrogens (tertiary/aromatic N) is 1. The van der Waals surface area contributed by atoms with Gasteiger partial charge >= 0.3 is 11.9 Å². The maximum atomic E-state index is 13.7. The second-order valence-corrected chi connectivity index (χ2v) is 14.3. The number of likely N-dealkylation sites (tertiary alicyclic amines) is 1. The Balaban J connectivity index is 1.52. The molecule has 1 aliphatic heterocycles. The van der Waals surface area contributed by atoms with E-state index in [1.807, 2.05) is 7.05 Å². The molecule has 0 amide bonds. The predicted octanol–water partition coefficient (Wildman–Crippen LogP) is 0.258. The van der Waals surface area contributed by atoms with Crippen LogP contribution in [0, 0.1) is 34.5 Å². The SMILES string of the molecule is COC[C@]12CN(C)[C@@H]3C4[C@H](OC)C1C3([C@@H](OC)C[C@H]2O)[C@@H]1C[C@]2(O)[C@H](OC(=O)c3ccccc3)C1[C@]4(OC(C)=O)[C@@H](O)[C@@H]2OC. The Morgan fingerprint density at radius 1 is 1.00 bits per heavy atom. The fourth-order valence-corrected chi connectivity index (χ4v) is 12.2. The van der Waals surface area contributed by atoms with Crippen LogP contribution in [0.15, 0.2) is 30.3 Å². The van der Waals surface area contributed by atoms with E-state index in [1.54, 1.807) is 51.7 Å². The Kier molecular flexibility index (Phi) is 7.28. The minimum absolute atomic E-state index is 0.0754. The molecule has 12 nitrogen and oxygen atoms in total. The van der Waals surface area contributed by atoms with Gasteiger partial charge in [-0.25, -0.2) is 4.79 Å². The normalized spacial score (nSPS) is 50.7. The molecular formula is C33H45NO11. The monoisotopic (exact) mass is 631 g/mol. The summed E-state index contributed by atoms with van der Waals surface area (Å²) in [7, 11) is 8.20.